The van der Waals surface area contributed by atoms with Crippen LogP contribution in [0.1, 0.15) is 24.3 Å². The Morgan fingerprint density at radius 1 is 1.22 bits per heavy atom. The van der Waals surface area contributed by atoms with Crippen molar-refractivity contribution in [3.05, 3.63) is 47.4 Å². The molecule has 3 rings (SSSR count). The Hall–Kier alpha value is -1.64. The summed E-state index contributed by atoms with van der Waals surface area (Å²) in [5.41, 5.74) is 2.47. The van der Waals surface area contributed by atoms with Crippen LogP contribution in [0, 0.1) is 5.82 Å². The number of aliphatic imine (C=N–C) groups is 1. The third kappa shape index (κ3) is 2.30. The summed E-state index contributed by atoms with van der Waals surface area (Å²) in [7, 11) is 0. The monoisotopic (exact) mass is 244 g/mol. The first-order valence-corrected chi connectivity index (χ1v) is 6.52. The van der Waals surface area contributed by atoms with Crippen molar-refractivity contribution in [2.75, 3.05) is 19.6 Å². The molecular formula is C15H17FN2. The summed E-state index contributed by atoms with van der Waals surface area (Å²) in [5.74, 6) is 0.377. The zero-order valence-corrected chi connectivity index (χ0v) is 10.3. The van der Waals surface area contributed by atoms with Crippen LogP contribution < -0.4 is 0 Å². The van der Waals surface area contributed by atoms with Gasteiger partial charge < -0.3 is 4.90 Å². The van der Waals surface area contributed by atoms with Crippen LogP contribution in [0.25, 0.3) is 0 Å². The molecule has 1 aromatic rings. The van der Waals surface area contributed by atoms with Crippen molar-refractivity contribution >= 4 is 6.21 Å². The molecule has 0 unspecified atom stereocenters. The van der Waals surface area contributed by atoms with Crippen molar-refractivity contribution in [2.24, 2.45) is 4.99 Å². The fourth-order valence-corrected chi connectivity index (χ4v) is 2.80. The Labute approximate surface area is 107 Å². The van der Waals surface area contributed by atoms with Crippen LogP contribution in [0.5, 0.6) is 0 Å². The second-order valence-corrected chi connectivity index (χ2v) is 4.96. The Balaban J connectivity index is 1.63. The standard InChI is InChI=1S/C15H17FN2/c16-14-3-1-2-13(10-14)12-5-8-18(9-6-12)15-4-7-17-11-15/h1-4,7,10,12H,5-6,8-9,11H2. The van der Waals surface area contributed by atoms with Gasteiger partial charge in [0, 0.05) is 25.0 Å². The Bertz CT molecular complexity index is 485. The van der Waals surface area contributed by atoms with Gasteiger partial charge in [-0.1, -0.05) is 12.1 Å². The van der Waals surface area contributed by atoms with Crippen molar-refractivity contribution in [2.45, 2.75) is 18.8 Å². The van der Waals surface area contributed by atoms with Crippen molar-refractivity contribution in [1.29, 1.82) is 0 Å². The van der Waals surface area contributed by atoms with E-state index >= 15 is 0 Å². The minimum Gasteiger partial charge on any atom is -0.373 e. The summed E-state index contributed by atoms with van der Waals surface area (Å²) in [4.78, 5) is 6.63. The zero-order chi connectivity index (χ0) is 12.4. The molecule has 1 saturated heterocycles. The molecule has 2 aliphatic heterocycles. The van der Waals surface area contributed by atoms with E-state index in [2.05, 4.69) is 16.0 Å². The SMILES string of the molecule is Fc1cccc(C2CCN(C3=CC=NC3)CC2)c1. The van der Waals surface area contributed by atoms with Gasteiger partial charge in [-0.15, -0.1) is 0 Å². The summed E-state index contributed by atoms with van der Waals surface area (Å²) in [5, 5.41) is 0. The van der Waals surface area contributed by atoms with Gasteiger partial charge in [-0.2, -0.15) is 0 Å². The molecule has 0 amide bonds. The number of benzene rings is 1. The molecule has 0 aliphatic carbocycles. The van der Waals surface area contributed by atoms with E-state index in [1.165, 1.54) is 11.8 Å². The van der Waals surface area contributed by atoms with Crippen LogP contribution in [0.4, 0.5) is 4.39 Å². The average molecular weight is 244 g/mol. The van der Waals surface area contributed by atoms with Crippen molar-refractivity contribution in [3.63, 3.8) is 0 Å². The van der Waals surface area contributed by atoms with Crippen molar-refractivity contribution < 1.29 is 4.39 Å². The third-order valence-corrected chi connectivity index (χ3v) is 3.85. The first-order valence-electron chi connectivity index (χ1n) is 6.52. The number of allylic oxidation sites excluding steroid dienone is 1. The van der Waals surface area contributed by atoms with E-state index in [1.807, 2.05) is 18.3 Å². The highest BCUT2D eigenvalue weighted by Crippen LogP contribution is 2.30. The maximum Gasteiger partial charge on any atom is 0.123 e. The topological polar surface area (TPSA) is 15.6 Å². The van der Waals surface area contributed by atoms with Gasteiger partial charge >= 0.3 is 0 Å². The molecule has 18 heavy (non-hydrogen) atoms. The minimum absolute atomic E-state index is 0.123. The van der Waals surface area contributed by atoms with E-state index in [0.29, 0.717) is 5.92 Å². The average Bonchev–Trinajstić information content (AvgIpc) is 2.93. The molecule has 0 radical (unpaired) electrons. The summed E-state index contributed by atoms with van der Waals surface area (Å²) in [6.07, 6.45) is 6.18. The summed E-state index contributed by atoms with van der Waals surface area (Å²) < 4.78 is 13.2. The van der Waals surface area contributed by atoms with Gasteiger partial charge in [-0.05, 0) is 42.5 Å². The molecule has 0 N–H and O–H groups in total. The fourth-order valence-electron chi connectivity index (χ4n) is 2.80. The molecule has 1 fully saturated rings. The van der Waals surface area contributed by atoms with E-state index in [1.54, 1.807) is 6.07 Å². The highest BCUT2D eigenvalue weighted by atomic mass is 19.1. The number of hydrogen-bond donors (Lipinski definition) is 0. The molecule has 2 heterocycles. The van der Waals surface area contributed by atoms with Crippen LogP contribution in [0.2, 0.25) is 0 Å². The Kier molecular flexibility index (Phi) is 3.13. The number of hydrogen-bond acceptors (Lipinski definition) is 2. The highest BCUT2D eigenvalue weighted by Gasteiger charge is 2.22. The largest absolute Gasteiger partial charge is 0.373 e. The second kappa shape index (κ2) is 4.92. The number of nitrogens with zero attached hydrogens (tertiary/aromatic N) is 2. The lowest BCUT2D eigenvalue weighted by Crippen LogP contribution is -2.32. The van der Waals surface area contributed by atoms with E-state index in [9.17, 15) is 4.39 Å². The van der Waals surface area contributed by atoms with Crippen molar-refractivity contribution in [3.8, 4) is 0 Å². The molecule has 0 aromatic heterocycles. The van der Waals surface area contributed by atoms with Crippen LogP contribution in [0.15, 0.2) is 41.0 Å². The van der Waals surface area contributed by atoms with Crippen LogP contribution in [-0.4, -0.2) is 30.7 Å². The van der Waals surface area contributed by atoms with Crippen LogP contribution >= 0.6 is 0 Å². The van der Waals surface area contributed by atoms with E-state index in [0.717, 1.165) is 38.0 Å². The molecule has 0 bridgehead atoms. The lowest BCUT2D eigenvalue weighted by atomic mass is 9.89. The van der Waals surface area contributed by atoms with E-state index in [-0.39, 0.29) is 5.82 Å². The normalized spacial score (nSPS) is 20.3. The van der Waals surface area contributed by atoms with Gasteiger partial charge in [-0.3, -0.25) is 4.99 Å². The van der Waals surface area contributed by atoms with Gasteiger partial charge in [0.25, 0.3) is 0 Å². The smallest absolute Gasteiger partial charge is 0.123 e. The minimum atomic E-state index is -0.123. The summed E-state index contributed by atoms with van der Waals surface area (Å²) in [6.45, 7) is 2.93. The van der Waals surface area contributed by atoms with Crippen molar-refractivity contribution in [1.82, 2.24) is 4.90 Å². The highest BCUT2D eigenvalue weighted by molar-refractivity contribution is 5.74. The van der Waals surface area contributed by atoms with Gasteiger partial charge in [0.15, 0.2) is 0 Å². The maximum atomic E-state index is 13.2. The van der Waals surface area contributed by atoms with Gasteiger partial charge in [0.05, 0.1) is 6.54 Å². The maximum absolute atomic E-state index is 13.2. The predicted molar refractivity (Wildman–Crippen MR) is 71.4 cm³/mol. The lowest BCUT2D eigenvalue weighted by molar-refractivity contribution is 0.262. The molecule has 0 saturated carbocycles. The van der Waals surface area contributed by atoms with E-state index < -0.39 is 0 Å². The van der Waals surface area contributed by atoms with Gasteiger partial charge in [0.2, 0.25) is 0 Å². The lowest BCUT2D eigenvalue weighted by Gasteiger charge is -2.34. The first-order chi connectivity index (χ1) is 8.83. The molecule has 2 aliphatic rings. The second-order valence-electron chi connectivity index (χ2n) is 4.96. The van der Waals surface area contributed by atoms with Crippen LogP contribution in [0.3, 0.4) is 0 Å². The Morgan fingerprint density at radius 2 is 2.06 bits per heavy atom. The molecule has 2 nitrogen and oxygen atoms in total. The van der Waals surface area contributed by atoms with Gasteiger partial charge in [0.1, 0.15) is 5.82 Å². The quantitative estimate of drug-likeness (QED) is 0.781. The Morgan fingerprint density at radius 3 is 2.72 bits per heavy atom. The molecule has 1 aromatic carbocycles. The first kappa shape index (κ1) is 11.5. The number of likely N-dealkylation sites (tertiary alicyclic amines) is 1. The third-order valence-electron chi connectivity index (χ3n) is 3.85. The molecule has 0 spiro atoms. The number of halogens is 1. The molecule has 0 atom stereocenters. The summed E-state index contributed by atoms with van der Waals surface area (Å²) >= 11 is 0. The summed E-state index contributed by atoms with van der Waals surface area (Å²) in [6, 6.07) is 7.04. The fraction of sp³-hybridized carbons (Fsp3) is 0.400. The molecule has 3 heteroatoms. The zero-order valence-electron chi connectivity index (χ0n) is 10.3. The number of piperidine rings is 1. The number of rotatable bonds is 2. The van der Waals surface area contributed by atoms with Crippen LogP contribution in [-0.2, 0) is 0 Å². The van der Waals surface area contributed by atoms with Gasteiger partial charge in [-0.25, -0.2) is 4.39 Å². The molecular weight excluding hydrogens is 227 g/mol. The molecule has 94 valence electrons. The predicted octanol–water partition coefficient (Wildman–Crippen LogP) is 2.97. The van der Waals surface area contributed by atoms with E-state index in [4.69, 9.17) is 0 Å².